The summed E-state index contributed by atoms with van der Waals surface area (Å²) >= 11 is 0. The monoisotopic (exact) mass is 278 g/mol. The van der Waals surface area contributed by atoms with Gasteiger partial charge in [0.05, 0.1) is 0 Å². The predicted octanol–water partition coefficient (Wildman–Crippen LogP) is 5.00. The van der Waals surface area contributed by atoms with Crippen molar-refractivity contribution in [1.82, 2.24) is 0 Å². The molecule has 2 fully saturated rings. The molecule has 2 aromatic carbocycles. The first-order valence-corrected chi connectivity index (χ1v) is 8.07. The Balaban J connectivity index is 1.55. The van der Waals surface area contributed by atoms with Crippen LogP contribution in [0.15, 0.2) is 48.5 Å². The van der Waals surface area contributed by atoms with Crippen molar-refractivity contribution < 1.29 is 5.11 Å². The third-order valence-electron chi connectivity index (χ3n) is 5.73. The third kappa shape index (κ3) is 2.16. The van der Waals surface area contributed by atoms with Crippen molar-refractivity contribution in [1.29, 1.82) is 0 Å². The van der Waals surface area contributed by atoms with E-state index in [1.54, 1.807) is 0 Å². The fourth-order valence-electron chi connectivity index (χ4n) is 4.70. The van der Waals surface area contributed by atoms with Gasteiger partial charge in [-0.25, -0.2) is 0 Å². The summed E-state index contributed by atoms with van der Waals surface area (Å²) < 4.78 is 0. The van der Waals surface area contributed by atoms with Crippen molar-refractivity contribution in [2.75, 3.05) is 0 Å². The van der Waals surface area contributed by atoms with E-state index >= 15 is 0 Å². The maximum atomic E-state index is 9.71. The molecule has 0 aromatic heterocycles. The highest BCUT2D eigenvalue weighted by molar-refractivity contribution is 5.38. The summed E-state index contributed by atoms with van der Waals surface area (Å²) in [6, 6.07) is 17.2. The summed E-state index contributed by atoms with van der Waals surface area (Å²) in [6.45, 7) is 2.00. The molecule has 1 N–H and O–H groups in total. The first-order chi connectivity index (χ1) is 10.2. The van der Waals surface area contributed by atoms with Crippen molar-refractivity contribution in [3.8, 4) is 5.75 Å². The van der Waals surface area contributed by atoms with E-state index in [0.717, 1.165) is 23.3 Å². The second kappa shape index (κ2) is 4.91. The van der Waals surface area contributed by atoms with Gasteiger partial charge in [-0.2, -0.15) is 0 Å². The lowest BCUT2D eigenvalue weighted by molar-refractivity contribution is 0.375. The number of fused-ring (bicyclic) bond motifs is 2. The van der Waals surface area contributed by atoms with Crippen LogP contribution in [0.3, 0.4) is 0 Å². The lowest BCUT2D eigenvalue weighted by atomic mass is 9.76. The summed E-state index contributed by atoms with van der Waals surface area (Å²) in [7, 11) is 0. The fourth-order valence-corrected chi connectivity index (χ4v) is 4.70. The lowest BCUT2D eigenvalue weighted by Crippen LogP contribution is -2.15. The van der Waals surface area contributed by atoms with Crippen molar-refractivity contribution in [3.05, 3.63) is 65.2 Å². The van der Waals surface area contributed by atoms with Gasteiger partial charge in [-0.05, 0) is 72.6 Å². The topological polar surface area (TPSA) is 20.2 Å². The minimum Gasteiger partial charge on any atom is -0.508 e. The Hall–Kier alpha value is -1.76. The average molecular weight is 278 g/mol. The van der Waals surface area contributed by atoms with Gasteiger partial charge in [-0.15, -0.1) is 0 Å². The average Bonchev–Trinajstić information content (AvgIpc) is 3.11. The van der Waals surface area contributed by atoms with Gasteiger partial charge in [0.2, 0.25) is 0 Å². The van der Waals surface area contributed by atoms with E-state index < -0.39 is 0 Å². The minimum absolute atomic E-state index is 0.420. The highest BCUT2D eigenvalue weighted by Gasteiger charge is 2.46. The van der Waals surface area contributed by atoms with Gasteiger partial charge in [0.15, 0.2) is 0 Å². The van der Waals surface area contributed by atoms with Crippen LogP contribution in [0.4, 0.5) is 0 Å². The number of hydrogen-bond acceptors (Lipinski definition) is 1. The zero-order valence-electron chi connectivity index (χ0n) is 12.5. The van der Waals surface area contributed by atoms with Gasteiger partial charge in [-0.1, -0.05) is 42.5 Å². The van der Waals surface area contributed by atoms with Crippen molar-refractivity contribution in [2.24, 2.45) is 11.8 Å². The standard InChI is InChI=1S/C20H22O/c1-13-9-15(7-8-20(13)21)19-12-16-10-17(19)11-18(16)14-5-3-2-4-6-14/h2-9,16-19,21H,10-12H2,1H3. The van der Waals surface area contributed by atoms with Gasteiger partial charge >= 0.3 is 0 Å². The molecule has 0 radical (unpaired) electrons. The highest BCUT2D eigenvalue weighted by Crippen LogP contribution is 2.59. The van der Waals surface area contributed by atoms with Crippen molar-refractivity contribution in [3.63, 3.8) is 0 Å². The van der Waals surface area contributed by atoms with Crippen molar-refractivity contribution >= 4 is 0 Å². The molecule has 2 aliphatic carbocycles. The van der Waals surface area contributed by atoms with E-state index in [2.05, 4.69) is 42.5 Å². The van der Waals surface area contributed by atoms with E-state index in [0.29, 0.717) is 11.7 Å². The first-order valence-electron chi connectivity index (χ1n) is 8.07. The molecule has 4 rings (SSSR count). The van der Waals surface area contributed by atoms with Crippen LogP contribution in [0.5, 0.6) is 5.75 Å². The molecular weight excluding hydrogens is 256 g/mol. The fraction of sp³-hybridized carbons (Fsp3) is 0.400. The molecule has 2 saturated carbocycles. The number of phenols is 1. The lowest BCUT2D eigenvalue weighted by Gasteiger charge is -2.29. The minimum atomic E-state index is 0.420. The number of hydrogen-bond donors (Lipinski definition) is 1. The number of aryl methyl sites for hydroxylation is 1. The van der Waals surface area contributed by atoms with Crippen LogP contribution in [0.1, 0.15) is 47.8 Å². The molecule has 4 unspecified atom stereocenters. The number of aromatic hydroxyl groups is 1. The molecule has 2 aliphatic rings. The van der Waals surface area contributed by atoms with Gasteiger partial charge in [0, 0.05) is 0 Å². The van der Waals surface area contributed by atoms with Crippen LogP contribution in [-0.4, -0.2) is 5.11 Å². The maximum Gasteiger partial charge on any atom is 0.118 e. The number of phenolic OH excluding ortho intramolecular Hbond substituents is 1. The number of rotatable bonds is 2. The molecular formula is C20H22O. The SMILES string of the molecule is Cc1cc(C2CC3CC2CC3c2ccccc2)ccc1O. The van der Waals surface area contributed by atoms with E-state index in [-0.39, 0.29) is 0 Å². The van der Waals surface area contributed by atoms with Gasteiger partial charge < -0.3 is 5.11 Å². The first kappa shape index (κ1) is 12.9. The van der Waals surface area contributed by atoms with Crippen LogP contribution in [-0.2, 0) is 0 Å². The molecule has 4 atom stereocenters. The smallest absolute Gasteiger partial charge is 0.118 e. The molecule has 0 aliphatic heterocycles. The largest absolute Gasteiger partial charge is 0.508 e. The van der Waals surface area contributed by atoms with Crippen LogP contribution < -0.4 is 0 Å². The zero-order valence-corrected chi connectivity index (χ0v) is 12.5. The van der Waals surface area contributed by atoms with E-state index in [9.17, 15) is 5.11 Å². The molecule has 0 heterocycles. The molecule has 21 heavy (non-hydrogen) atoms. The van der Waals surface area contributed by atoms with Crippen molar-refractivity contribution in [2.45, 2.75) is 38.0 Å². The molecule has 0 spiro atoms. The molecule has 108 valence electrons. The summed E-state index contributed by atoms with van der Waals surface area (Å²) in [5.41, 5.74) is 3.98. The van der Waals surface area contributed by atoms with Crippen LogP contribution >= 0.6 is 0 Å². The predicted molar refractivity (Wildman–Crippen MR) is 85.6 cm³/mol. The van der Waals surface area contributed by atoms with E-state index in [1.807, 2.05) is 13.0 Å². The molecule has 2 bridgehead atoms. The second-order valence-corrected chi connectivity index (χ2v) is 6.90. The van der Waals surface area contributed by atoms with Gasteiger partial charge in [-0.3, -0.25) is 0 Å². The third-order valence-corrected chi connectivity index (χ3v) is 5.73. The van der Waals surface area contributed by atoms with Crippen LogP contribution in [0, 0.1) is 18.8 Å². The van der Waals surface area contributed by atoms with Crippen LogP contribution in [0.25, 0.3) is 0 Å². The molecule has 0 amide bonds. The van der Waals surface area contributed by atoms with E-state index in [1.165, 1.54) is 30.4 Å². The zero-order chi connectivity index (χ0) is 14.4. The second-order valence-electron chi connectivity index (χ2n) is 6.90. The Morgan fingerprint density at radius 3 is 2.10 bits per heavy atom. The Kier molecular flexibility index (Phi) is 3.02. The molecule has 1 heteroatoms. The van der Waals surface area contributed by atoms with Gasteiger partial charge in [0.1, 0.15) is 5.75 Å². The Morgan fingerprint density at radius 2 is 1.48 bits per heavy atom. The summed E-state index contributed by atoms with van der Waals surface area (Å²) in [4.78, 5) is 0. The highest BCUT2D eigenvalue weighted by atomic mass is 16.3. The van der Waals surface area contributed by atoms with E-state index in [4.69, 9.17) is 0 Å². The quantitative estimate of drug-likeness (QED) is 0.819. The molecule has 0 saturated heterocycles. The molecule has 2 aromatic rings. The maximum absolute atomic E-state index is 9.71. The summed E-state index contributed by atoms with van der Waals surface area (Å²) in [5, 5.41) is 9.71. The summed E-state index contributed by atoms with van der Waals surface area (Å²) in [5.74, 6) is 3.56. The molecule has 1 nitrogen and oxygen atoms in total. The Labute approximate surface area is 126 Å². The normalized spacial score (nSPS) is 30.7. The number of benzene rings is 2. The van der Waals surface area contributed by atoms with Gasteiger partial charge in [0.25, 0.3) is 0 Å². The summed E-state index contributed by atoms with van der Waals surface area (Å²) in [6.07, 6.45) is 4.03. The Morgan fingerprint density at radius 1 is 0.810 bits per heavy atom. The van der Waals surface area contributed by atoms with Crippen LogP contribution in [0.2, 0.25) is 0 Å². The Bertz CT molecular complexity index is 646.